The number of hydrogen-bond donors (Lipinski definition) is 3. The van der Waals surface area contributed by atoms with Crippen molar-refractivity contribution in [1.82, 2.24) is 15.1 Å². The van der Waals surface area contributed by atoms with Crippen LogP contribution in [0.25, 0.3) is 0 Å². The first kappa shape index (κ1) is 22.9. The molecular weight excluding hydrogens is 418 g/mol. The van der Waals surface area contributed by atoms with Crippen LogP contribution in [0.3, 0.4) is 0 Å². The molecule has 2 heterocycles. The van der Waals surface area contributed by atoms with Gasteiger partial charge in [-0.05, 0) is 49.2 Å². The van der Waals surface area contributed by atoms with E-state index in [1.807, 2.05) is 35.2 Å². The van der Waals surface area contributed by atoms with Gasteiger partial charge in [-0.2, -0.15) is 0 Å². The quantitative estimate of drug-likeness (QED) is 0.461. The number of piperidine rings is 1. The lowest BCUT2D eigenvalue weighted by molar-refractivity contribution is -0.138. The van der Waals surface area contributed by atoms with Crippen LogP contribution in [0.2, 0.25) is 0 Å². The smallest absolute Gasteiger partial charge is 0.317 e. The number of amides is 1. The molecule has 174 valence electrons. The number of carboxylic acids is 1. The monoisotopic (exact) mass is 449 g/mol. The molecule has 33 heavy (non-hydrogen) atoms. The third kappa shape index (κ3) is 5.97. The highest BCUT2D eigenvalue weighted by molar-refractivity contribution is 6.11. The number of anilines is 1. The standard InChI is InChI=1S/C25H31N5O3/c26-24(27-25(33)20-4-2-1-3-5-20)19-6-8-21(9-7-19)29-14-16-30(17-15-29)22-10-12-28(13-11-22)18-23(31)32/h1-9,22H,10-18H2,(H,31,32)(H2,26,27,33). The summed E-state index contributed by atoms with van der Waals surface area (Å²) in [7, 11) is 0. The summed E-state index contributed by atoms with van der Waals surface area (Å²) in [5.74, 6) is -0.939. The fourth-order valence-corrected chi connectivity index (χ4v) is 4.67. The number of amidine groups is 1. The van der Waals surface area contributed by atoms with Crippen LogP contribution >= 0.6 is 0 Å². The third-order valence-corrected chi connectivity index (χ3v) is 6.54. The van der Waals surface area contributed by atoms with Gasteiger partial charge in [-0.3, -0.25) is 24.8 Å². The van der Waals surface area contributed by atoms with Gasteiger partial charge >= 0.3 is 5.97 Å². The maximum atomic E-state index is 12.3. The molecule has 2 aromatic carbocycles. The number of benzene rings is 2. The summed E-state index contributed by atoms with van der Waals surface area (Å²) in [5, 5.41) is 19.8. The van der Waals surface area contributed by atoms with Gasteiger partial charge in [0.1, 0.15) is 5.84 Å². The van der Waals surface area contributed by atoms with Crippen LogP contribution in [0.15, 0.2) is 54.6 Å². The van der Waals surface area contributed by atoms with Crippen LogP contribution in [-0.4, -0.2) is 84.5 Å². The van der Waals surface area contributed by atoms with Crippen molar-refractivity contribution in [2.45, 2.75) is 18.9 Å². The molecule has 0 aliphatic carbocycles. The molecule has 2 aliphatic heterocycles. The molecule has 1 amide bonds. The van der Waals surface area contributed by atoms with Crippen LogP contribution in [0.4, 0.5) is 5.69 Å². The van der Waals surface area contributed by atoms with Gasteiger partial charge in [-0.1, -0.05) is 18.2 Å². The molecule has 8 nitrogen and oxygen atoms in total. The Kier molecular flexibility index (Phi) is 7.36. The molecule has 0 radical (unpaired) electrons. The molecule has 2 aromatic rings. The minimum Gasteiger partial charge on any atom is -0.480 e. The van der Waals surface area contributed by atoms with Crippen molar-refractivity contribution in [3.05, 3.63) is 65.7 Å². The van der Waals surface area contributed by atoms with E-state index in [1.54, 1.807) is 24.3 Å². The highest BCUT2D eigenvalue weighted by atomic mass is 16.4. The van der Waals surface area contributed by atoms with Crippen LogP contribution in [0, 0.1) is 5.41 Å². The molecule has 0 aromatic heterocycles. The largest absolute Gasteiger partial charge is 0.480 e. The molecule has 0 spiro atoms. The average Bonchev–Trinajstić information content (AvgIpc) is 2.85. The number of nitrogens with zero attached hydrogens (tertiary/aromatic N) is 3. The minimum atomic E-state index is -0.748. The van der Waals surface area contributed by atoms with Gasteiger partial charge in [0.05, 0.1) is 6.54 Å². The van der Waals surface area contributed by atoms with Gasteiger partial charge in [-0.25, -0.2) is 0 Å². The van der Waals surface area contributed by atoms with Gasteiger partial charge in [0.2, 0.25) is 0 Å². The number of hydrogen-bond acceptors (Lipinski definition) is 6. The maximum absolute atomic E-state index is 12.3. The van der Waals surface area contributed by atoms with E-state index in [9.17, 15) is 9.59 Å². The number of nitrogens with one attached hydrogen (secondary N) is 2. The van der Waals surface area contributed by atoms with Gasteiger partial charge in [0.15, 0.2) is 0 Å². The van der Waals surface area contributed by atoms with E-state index in [-0.39, 0.29) is 18.3 Å². The molecule has 0 atom stereocenters. The Morgan fingerprint density at radius 3 is 2.12 bits per heavy atom. The SMILES string of the molecule is N=C(NC(=O)c1ccccc1)c1ccc(N2CCN(C3CCN(CC(=O)O)CC3)CC2)cc1. The second-order valence-corrected chi connectivity index (χ2v) is 8.67. The lowest BCUT2D eigenvalue weighted by Gasteiger charge is -2.43. The Hall–Kier alpha value is -3.23. The van der Waals surface area contributed by atoms with Gasteiger partial charge in [0.25, 0.3) is 5.91 Å². The van der Waals surface area contributed by atoms with Crippen LogP contribution in [-0.2, 0) is 4.79 Å². The lowest BCUT2D eigenvalue weighted by Crippen LogP contribution is -2.53. The zero-order valence-corrected chi connectivity index (χ0v) is 18.7. The Balaban J connectivity index is 1.25. The lowest BCUT2D eigenvalue weighted by atomic mass is 10.0. The van der Waals surface area contributed by atoms with Gasteiger partial charge in [0, 0.05) is 62.1 Å². The third-order valence-electron chi connectivity index (χ3n) is 6.54. The highest BCUT2D eigenvalue weighted by Crippen LogP contribution is 2.22. The number of carbonyl (C=O) groups is 2. The van der Waals surface area contributed by atoms with Crippen LogP contribution in [0.1, 0.15) is 28.8 Å². The van der Waals surface area contributed by atoms with Crippen molar-refractivity contribution >= 4 is 23.4 Å². The average molecular weight is 450 g/mol. The first-order valence-electron chi connectivity index (χ1n) is 11.5. The van der Waals surface area contributed by atoms with Crippen molar-refractivity contribution in [3.63, 3.8) is 0 Å². The zero-order chi connectivity index (χ0) is 23.2. The van der Waals surface area contributed by atoms with E-state index in [0.717, 1.165) is 57.8 Å². The van der Waals surface area contributed by atoms with Gasteiger partial charge < -0.3 is 15.3 Å². The van der Waals surface area contributed by atoms with E-state index >= 15 is 0 Å². The summed E-state index contributed by atoms with van der Waals surface area (Å²) < 4.78 is 0. The molecule has 3 N–H and O–H groups in total. The number of aliphatic carboxylic acids is 1. The number of carbonyl (C=O) groups excluding carboxylic acids is 1. The molecule has 2 saturated heterocycles. The topological polar surface area (TPSA) is 100.0 Å². The number of rotatable bonds is 6. The molecule has 0 saturated carbocycles. The fraction of sp³-hybridized carbons (Fsp3) is 0.400. The molecule has 8 heteroatoms. The van der Waals surface area contributed by atoms with Crippen LogP contribution in [0.5, 0.6) is 0 Å². The predicted molar refractivity (Wildman–Crippen MR) is 128 cm³/mol. The van der Waals surface area contributed by atoms with Crippen molar-refractivity contribution in [2.75, 3.05) is 50.7 Å². The normalized spacial score (nSPS) is 18.1. The van der Waals surface area contributed by atoms with Crippen molar-refractivity contribution in [2.24, 2.45) is 0 Å². The molecular formula is C25H31N5O3. The first-order chi connectivity index (χ1) is 16.0. The predicted octanol–water partition coefficient (Wildman–Crippen LogP) is 2.11. The molecule has 0 bridgehead atoms. The summed E-state index contributed by atoms with van der Waals surface area (Å²) in [5.41, 5.74) is 2.33. The number of piperazine rings is 1. The Morgan fingerprint density at radius 1 is 0.879 bits per heavy atom. The minimum absolute atomic E-state index is 0.0921. The first-order valence-corrected chi connectivity index (χ1v) is 11.5. The molecule has 4 rings (SSSR count). The summed E-state index contributed by atoms with van der Waals surface area (Å²) in [6.45, 7) is 5.72. The van der Waals surface area contributed by atoms with Crippen molar-refractivity contribution in [1.29, 1.82) is 5.41 Å². The molecule has 2 fully saturated rings. The molecule has 0 unspecified atom stereocenters. The van der Waals surface area contributed by atoms with Gasteiger partial charge in [-0.15, -0.1) is 0 Å². The van der Waals surface area contributed by atoms with E-state index in [1.165, 1.54) is 0 Å². The van der Waals surface area contributed by atoms with Crippen molar-refractivity contribution < 1.29 is 14.7 Å². The summed E-state index contributed by atoms with van der Waals surface area (Å²) in [4.78, 5) is 30.1. The number of carboxylic acid groups (broad SMARTS) is 1. The van der Waals surface area contributed by atoms with E-state index < -0.39 is 5.97 Å². The zero-order valence-electron chi connectivity index (χ0n) is 18.7. The second-order valence-electron chi connectivity index (χ2n) is 8.67. The fourth-order valence-electron chi connectivity index (χ4n) is 4.67. The Bertz CT molecular complexity index is 963. The summed E-state index contributed by atoms with van der Waals surface area (Å²) >= 11 is 0. The maximum Gasteiger partial charge on any atom is 0.317 e. The summed E-state index contributed by atoms with van der Waals surface area (Å²) in [6, 6.07) is 17.2. The highest BCUT2D eigenvalue weighted by Gasteiger charge is 2.28. The van der Waals surface area contributed by atoms with Crippen molar-refractivity contribution in [3.8, 4) is 0 Å². The second kappa shape index (κ2) is 10.6. The van der Waals surface area contributed by atoms with E-state index in [2.05, 4.69) is 15.1 Å². The Labute approximate surface area is 194 Å². The summed E-state index contributed by atoms with van der Waals surface area (Å²) in [6.07, 6.45) is 2.05. The van der Waals surface area contributed by atoms with E-state index in [4.69, 9.17) is 10.5 Å². The Morgan fingerprint density at radius 2 is 1.52 bits per heavy atom. The number of likely N-dealkylation sites (tertiary alicyclic amines) is 1. The van der Waals surface area contributed by atoms with E-state index in [0.29, 0.717) is 17.2 Å². The van der Waals surface area contributed by atoms with Crippen LogP contribution < -0.4 is 10.2 Å². The molecule has 2 aliphatic rings.